The van der Waals surface area contributed by atoms with Crippen LogP contribution in [0.15, 0.2) is 103 Å². The maximum Gasteiger partial charge on any atom is 0.343 e. The summed E-state index contributed by atoms with van der Waals surface area (Å²) in [7, 11) is 1.52. The van der Waals surface area contributed by atoms with Crippen LogP contribution in [0.3, 0.4) is 0 Å². The smallest absolute Gasteiger partial charge is 0.343 e. The summed E-state index contributed by atoms with van der Waals surface area (Å²) in [5.41, 5.74) is 4.81. The first kappa shape index (κ1) is 23.5. The maximum atomic E-state index is 13.1. The predicted molar refractivity (Wildman–Crippen MR) is 138 cm³/mol. The molecule has 0 aliphatic carbocycles. The molecule has 0 bridgehead atoms. The summed E-state index contributed by atoms with van der Waals surface area (Å²) in [5, 5.41) is 9.59. The molecule has 4 rings (SSSR count). The molecule has 0 saturated carbocycles. The molecule has 4 aromatic rings. The fourth-order valence-corrected chi connectivity index (χ4v) is 3.84. The van der Waals surface area contributed by atoms with Crippen LogP contribution in [0.2, 0.25) is 0 Å². The van der Waals surface area contributed by atoms with E-state index in [2.05, 4.69) is 18.2 Å². The van der Waals surface area contributed by atoms with Gasteiger partial charge in [0.2, 0.25) is 0 Å². The molecule has 0 aromatic heterocycles. The SMILES string of the molecule is COc1cc(C=C(C#N)c2ccccc2)ccc1OC(=O)c1ccccc1CCc1ccccc1. The van der Waals surface area contributed by atoms with Crippen molar-refractivity contribution >= 4 is 17.6 Å². The van der Waals surface area contributed by atoms with Crippen LogP contribution in [0.4, 0.5) is 0 Å². The monoisotopic (exact) mass is 459 g/mol. The molecule has 4 heteroatoms. The molecule has 0 amide bonds. The highest BCUT2D eigenvalue weighted by atomic mass is 16.6. The number of nitriles is 1. The lowest BCUT2D eigenvalue weighted by atomic mass is 10.00. The molecule has 0 aliphatic rings. The molecule has 4 nitrogen and oxygen atoms in total. The zero-order valence-corrected chi connectivity index (χ0v) is 19.5. The molecular formula is C31H25NO3. The lowest BCUT2D eigenvalue weighted by Gasteiger charge is -2.12. The topological polar surface area (TPSA) is 59.3 Å². The first-order valence-electron chi connectivity index (χ1n) is 11.4. The van der Waals surface area contributed by atoms with Crippen molar-refractivity contribution in [1.82, 2.24) is 0 Å². The number of aryl methyl sites for hydroxylation is 2. The number of allylic oxidation sites excluding steroid dienone is 1. The summed E-state index contributed by atoms with van der Waals surface area (Å²) in [6.45, 7) is 0. The van der Waals surface area contributed by atoms with Gasteiger partial charge < -0.3 is 9.47 Å². The van der Waals surface area contributed by atoms with Crippen LogP contribution in [0, 0.1) is 11.3 Å². The van der Waals surface area contributed by atoms with Gasteiger partial charge >= 0.3 is 5.97 Å². The van der Waals surface area contributed by atoms with Crippen molar-refractivity contribution in [3.05, 3.63) is 131 Å². The molecule has 0 aliphatic heterocycles. The van der Waals surface area contributed by atoms with E-state index >= 15 is 0 Å². The molecule has 35 heavy (non-hydrogen) atoms. The number of methoxy groups -OCH3 is 1. The lowest BCUT2D eigenvalue weighted by molar-refractivity contribution is 0.0728. The highest BCUT2D eigenvalue weighted by Crippen LogP contribution is 2.31. The van der Waals surface area contributed by atoms with Crippen LogP contribution < -0.4 is 9.47 Å². The zero-order chi connectivity index (χ0) is 24.5. The predicted octanol–water partition coefficient (Wildman–Crippen LogP) is 6.76. The normalized spacial score (nSPS) is 10.9. The van der Waals surface area contributed by atoms with E-state index in [9.17, 15) is 10.1 Å². The largest absolute Gasteiger partial charge is 0.493 e. The van der Waals surface area contributed by atoms with E-state index in [1.807, 2.05) is 66.7 Å². The Kier molecular flexibility index (Phi) is 7.73. The van der Waals surface area contributed by atoms with Crippen molar-refractivity contribution in [3.63, 3.8) is 0 Å². The van der Waals surface area contributed by atoms with Gasteiger partial charge in [0.05, 0.1) is 24.3 Å². The van der Waals surface area contributed by atoms with Gasteiger partial charge in [-0.05, 0) is 59.4 Å². The zero-order valence-electron chi connectivity index (χ0n) is 19.5. The van der Waals surface area contributed by atoms with Crippen molar-refractivity contribution in [1.29, 1.82) is 5.26 Å². The molecular weight excluding hydrogens is 434 g/mol. The van der Waals surface area contributed by atoms with E-state index in [0.717, 1.165) is 29.5 Å². The van der Waals surface area contributed by atoms with Crippen LogP contribution >= 0.6 is 0 Å². The number of carbonyl (C=O) groups excluding carboxylic acids is 1. The van der Waals surface area contributed by atoms with Gasteiger partial charge in [-0.1, -0.05) is 84.9 Å². The average molecular weight is 460 g/mol. The van der Waals surface area contributed by atoms with E-state index in [-0.39, 0.29) is 0 Å². The Hall–Kier alpha value is -4.62. The number of ether oxygens (including phenoxy) is 2. The van der Waals surface area contributed by atoms with Gasteiger partial charge in [-0.3, -0.25) is 0 Å². The number of carbonyl (C=O) groups is 1. The van der Waals surface area contributed by atoms with Gasteiger partial charge in [-0.15, -0.1) is 0 Å². The third-order valence-electron chi connectivity index (χ3n) is 5.67. The fraction of sp³-hybridized carbons (Fsp3) is 0.0968. The summed E-state index contributed by atoms with van der Waals surface area (Å²) in [5.74, 6) is 0.308. The number of rotatable bonds is 8. The minimum atomic E-state index is -0.433. The Morgan fingerprint density at radius 3 is 2.23 bits per heavy atom. The van der Waals surface area contributed by atoms with E-state index in [1.54, 1.807) is 30.3 Å². The Morgan fingerprint density at radius 1 is 0.829 bits per heavy atom. The van der Waals surface area contributed by atoms with E-state index < -0.39 is 5.97 Å². The van der Waals surface area contributed by atoms with Crippen molar-refractivity contribution in [2.75, 3.05) is 7.11 Å². The first-order chi connectivity index (χ1) is 17.2. The van der Waals surface area contributed by atoms with Gasteiger partial charge in [0.1, 0.15) is 0 Å². The third-order valence-corrected chi connectivity index (χ3v) is 5.67. The third kappa shape index (κ3) is 6.04. The standard InChI is InChI=1S/C31H25NO3/c1-34-30-21-24(20-27(22-32)25-12-6-3-7-13-25)17-19-29(30)35-31(33)28-15-9-8-14-26(28)18-16-23-10-4-2-5-11-23/h2-15,17,19-21H,16,18H2,1H3. The van der Waals surface area contributed by atoms with Crippen molar-refractivity contribution in [2.45, 2.75) is 12.8 Å². The van der Waals surface area contributed by atoms with Crippen molar-refractivity contribution in [3.8, 4) is 17.6 Å². The van der Waals surface area contributed by atoms with Gasteiger partial charge in [0.25, 0.3) is 0 Å². The quantitative estimate of drug-likeness (QED) is 0.126. The molecule has 0 atom stereocenters. The summed E-state index contributed by atoms with van der Waals surface area (Å²) in [4.78, 5) is 13.1. The minimum absolute atomic E-state index is 0.325. The Bertz CT molecular complexity index is 1370. The lowest BCUT2D eigenvalue weighted by Crippen LogP contribution is -2.12. The van der Waals surface area contributed by atoms with Gasteiger partial charge in [0.15, 0.2) is 11.5 Å². The number of esters is 1. The molecule has 0 radical (unpaired) electrons. The number of benzene rings is 4. The highest BCUT2D eigenvalue weighted by Gasteiger charge is 2.16. The van der Waals surface area contributed by atoms with Crippen LogP contribution in [0.5, 0.6) is 11.5 Å². The number of hydrogen-bond donors (Lipinski definition) is 0. The first-order valence-corrected chi connectivity index (χ1v) is 11.4. The molecule has 0 spiro atoms. The molecule has 0 heterocycles. The van der Waals surface area contributed by atoms with Gasteiger partial charge in [-0.25, -0.2) is 4.79 Å². The second-order valence-electron chi connectivity index (χ2n) is 7.98. The average Bonchev–Trinajstić information content (AvgIpc) is 2.92. The Morgan fingerprint density at radius 2 is 1.51 bits per heavy atom. The van der Waals surface area contributed by atoms with Crippen LogP contribution in [0.25, 0.3) is 11.6 Å². The summed E-state index contributed by atoms with van der Waals surface area (Å²) in [6.07, 6.45) is 3.34. The van der Waals surface area contributed by atoms with Gasteiger partial charge in [0, 0.05) is 0 Å². The maximum absolute atomic E-state index is 13.1. The van der Waals surface area contributed by atoms with Crippen molar-refractivity contribution < 1.29 is 14.3 Å². The van der Waals surface area contributed by atoms with Crippen LogP contribution in [0.1, 0.15) is 32.6 Å². The number of nitrogens with zero attached hydrogens (tertiary/aromatic N) is 1. The summed E-state index contributed by atoms with van der Waals surface area (Å²) in [6, 6.07) is 34.6. The molecule has 0 fully saturated rings. The van der Waals surface area contributed by atoms with Crippen molar-refractivity contribution in [2.24, 2.45) is 0 Å². The molecule has 172 valence electrons. The van der Waals surface area contributed by atoms with E-state index in [4.69, 9.17) is 9.47 Å². The molecule has 0 unspecified atom stereocenters. The number of hydrogen-bond acceptors (Lipinski definition) is 4. The van der Waals surface area contributed by atoms with Crippen LogP contribution in [-0.4, -0.2) is 13.1 Å². The second kappa shape index (κ2) is 11.5. The summed E-state index contributed by atoms with van der Waals surface area (Å²) < 4.78 is 11.2. The van der Waals surface area contributed by atoms with Crippen LogP contribution in [-0.2, 0) is 12.8 Å². The van der Waals surface area contributed by atoms with E-state index in [0.29, 0.717) is 22.6 Å². The molecule has 0 saturated heterocycles. The summed E-state index contributed by atoms with van der Waals surface area (Å²) >= 11 is 0. The van der Waals surface area contributed by atoms with Gasteiger partial charge in [-0.2, -0.15) is 5.26 Å². The second-order valence-corrected chi connectivity index (χ2v) is 7.98. The fourth-order valence-electron chi connectivity index (χ4n) is 3.84. The highest BCUT2D eigenvalue weighted by molar-refractivity contribution is 5.93. The minimum Gasteiger partial charge on any atom is -0.493 e. The molecule has 0 N–H and O–H groups in total. The Balaban J connectivity index is 1.53. The Labute approximate surface area is 205 Å². The van der Waals surface area contributed by atoms with E-state index in [1.165, 1.54) is 12.7 Å². The molecule has 4 aromatic carbocycles.